The van der Waals surface area contributed by atoms with Crippen LogP contribution in [0.2, 0.25) is 0 Å². The molecule has 0 atom stereocenters. The van der Waals surface area contributed by atoms with E-state index in [-0.39, 0.29) is 12.5 Å². The van der Waals surface area contributed by atoms with Crippen LogP contribution in [-0.4, -0.2) is 48.0 Å². The van der Waals surface area contributed by atoms with Crippen molar-refractivity contribution < 1.29 is 4.79 Å². The van der Waals surface area contributed by atoms with Gasteiger partial charge in [-0.3, -0.25) is 9.78 Å². The molecular weight excluding hydrogens is 220 g/mol. The van der Waals surface area contributed by atoms with Crippen molar-refractivity contribution in [2.24, 2.45) is 5.84 Å². The normalized spacial score (nSPS) is 9.88. The largest absolute Gasteiger partial charge is 0.347 e. The Morgan fingerprint density at radius 3 is 2.71 bits per heavy atom. The van der Waals surface area contributed by atoms with Gasteiger partial charge < -0.3 is 15.2 Å². The molecule has 3 N–H and O–H groups in total. The Kier molecular flexibility index (Phi) is 4.65. The van der Waals surface area contributed by atoms with Crippen LogP contribution in [0.1, 0.15) is 6.92 Å². The van der Waals surface area contributed by atoms with Gasteiger partial charge in [0.15, 0.2) is 5.82 Å². The number of carbonyl (C=O) groups is 1. The van der Waals surface area contributed by atoms with Gasteiger partial charge in [0, 0.05) is 20.6 Å². The number of anilines is 2. The average molecular weight is 238 g/mol. The van der Waals surface area contributed by atoms with E-state index in [9.17, 15) is 4.79 Å². The lowest BCUT2D eigenvalue weighted by Crippen LogP contribution is -2.37. The molecule has 17 heavy (non-hydrogen) atoms. The highest BCUT2D eigenvalue weighted by Gasteiger charge is 2.13. The van der Waals surface area contributed by atoms with E-state index in [2.05, 4.69) is 15.4 Å². The Labute approximate surface area is 101 Å². The highest BCUT2D eigenvalue weighted by Crippen LogP contribution is 2.11. The van der Waals surface area contributed by atoms with Gasteiger partial charge in [0.05, 0.1) is 18.9 Å². The minimum absolute atomic E-state index is 0.0137. The van der Waals surface area contributed by atoms with Crippen LogP contribution in [0.15, 0.2) is 12.4 Å². The van der Waals surface area contributed by atoms with Crippen molar-refractivity contribution in [1.82, 2.24) is 14.9 Å². The summed E-state index contributed by atoms with van der Waals surface area (Å²) in [6, 6.07) is 0. The van der Waals surface area contributed by atoms with E-state index in [1.165, 1.54) is 6.20 Å². The summed E-state index contributed by atoms with van der Waals surface area (Å²) in [6.45, 7) is 2.89. The number of nitrogen functional groups attached to an aromatic ring is 1. The standard InChI is InChI=1S/C10H18N6O/c1-4-16(7-10(17)15(2)3)9-6-12-5-8(13-9)14-11/h5-6H,4,7,11H2,1-3H3,(H,13,14). The monoisotopic (exact) mass is 238 g/mol. The van der Waals surface area contributed by atoms with E-state index in [0.717, 1.165) is 0 Å². The van der Waals surface area contributed by atoms with E-state index in [4.69, 9.17) is 5.84 Å². The van der Waals surface area contributed by atoms with Crippen molar-refractivity contribution >= 4 is 17.5 Å². The van der Waals surface area contributed by atoms with Gasteiger partial charge >= 0.3 is 0 Å². The van der Waals surface area contributed by atoms with Gasteiger partial charge in [0.25, 0.3) is 0 Å². The highest BCUT2D eigenvalue weighted by molar-refractivity contribution is 5.80. The van der Waals surface area contributed by atoms with Crippen molar-refractivity contribution in [3.63, 3.8) is 0 Å². The first-order valence-electron chi connectivity index (χ1n) is 5.32. The SMILES string of the molecule is CCN(CC(=O)N(C)C)c1cncc(NN)n1. The Morgan fingerprint density at radius 2 is 2.18 bits per heavy atom. The quantitative estimate of drug-likeness (QED) is 0.540. The Morgan fingerprint density at radius 1 is 1.47 bits per heavy atom. The number of nitrogens with one attached hydrogen (secondary N) is 1. The third-order valence-electron chi connectivity index (χ3n) is 2.30. The van der Waals surface area contributed by atoms with Gasteiger partial charge in [0.2, 0.25) is 5.91 Å². The van der Waals surface area contributed by atoms with E-state index in [0.29, 0.717) is 18.2 Å². The molecule has 0 aromatic carbocycles. The molecule has 1 heterocycles. The number of hydrogen-bond acceptors (Lipinski definition) is 6. The van der Waals surface area contributed by atoms with Crippen LogP contribution in [-0.2, 0) is 4.79 Å². The van der Waals surface area contributed by atoms with Gasteiger partial charge in [-0.15, -0.1) is 0 Å². The minimum Gasteiger partial charge on any atom is -0.347 e. The molecule has 0 fully saturated rings. The molecule has 0 bridgehead atoms. The zero-order valence-corrected chi connectivity index (χ0v) is 10.3. The first-order chi connectivity index (χ1) is 8.08. The minimum atomic E-state index is 0.0137. The lowest BCUT2D eigenvalue weighted by molar-refractivity contribution is -0.127. The molecule has 1 aromatic rings. The lowest BCUT2D eigenvalue weighted by Gasteiger charge is -2.23. The molecule has 0 saturated heterocycles. The molecule has 0 aliphatic heterocycles. The van der Waals surface area contributed by atoms with Crippen molar-refractivity contribution in [2.45, 2.75) is 6.92 Å². The van der Waals surface area contributed by atoms with Gasteiger partial charge in [0.1, 0.15) is 5.82 Å². The molecule has 1 amide bonds. The number of aromatic nitrogens is 2. The molecule has 7 heteroatoms. The number of nitrogens with two attached hydrogens (primary N) is 1. The summed E-state index contributed by atoms with van der Waals surface area (Å²) in [7, 11) is 3.44. The third kappa shape index (κ3) is 3.56. The molecule has 94 valence electrons. The second-order valence-electron chi connectivity index (χ2n) is 3.71. The second kappa shape index (κ2) is 6.00. The van der Waals surface area contributed by atoms with E-state index in [1.54, 1.807) is 25.2 Å². The summed E-state index contributed by atoms with van der Waals surface area (Å²) in [6.07, 6.45) is 3.12. The van der Waals surface area contributed by atoms with E-state index < -0.39 is 0 Å². The molecule has 0 radical (unpaired) electrons. The van der Waals surface area contributed by atoms with E-state index in [1.807, 2.05) is 11.8 Å². The summed E-state index contributed by atoms with van der Waals surface area (Å²) < 4.78 is 0. The highest BCUT2D eigenvalue weighted by atomic mass is 16.2. The van der Waals surface area contributed by atoms with Crippen LogP contribution in [0.5, 0.6) is 0 Å². The molecule has 0 saturated carbocycles. The fraction of sp³-hybridized carbons (Fsp3) is 0.500. The summed E-state index contributed by atoms with van der Waals surface area (Å²) in [4.78, 5) is 23.2. The molecule has 1 rings (SSSR count). The topological polar surface area (TPSA) is 87.4 Å². The molecule has 0 spiro atoms. The summed E-state index contributed by atoms with van der Waals surface area (Å²) >= 11 is 0. The van der Waals surface area contributed by atoms with Gasteiger partial charge in [-0.05, 0) is 6.92 Å². The van der Waals surface area contributed by atoms with Gasteiger partial charge in [-0.1, -0.05) is 0 Å². The first-order valence-corrected chi connectivity index (χ1v) is 5.32. The number of amides is 1. The number of hydrazine groups is 1. The molecule has 1 aromatic heterocycles. The zero-order chi connectivity index (χ0) is 12.8. The fourth-order valence-electron chi connectivity index (χ4n) is 1.24. The average Bonchev–Trinajstić information content (AvgIpc) is 2.35. The zero-order valence-electron chi connectivity index (χ0n) is 10.3. The Bertz CT molecular complexity index is 381. The van der Waals surface area contributed by atoms with Crippen molar-refractivity contribution in [3.05, 3.63) is 12.4 Å². The van der Waals surface area contributed by atoms with Crippen LogP contribution in [0.25, 0.3) is 0 Å². The van der Waals surface area contributed by atoms with E-state index >= 15 is 0 Å². The third-order valence-corrected chi connectivity index (χ3v) is 2.30. The maximum atomic E-state index is 11.6. The van der Waals surface area contributed by atoms with Crippen LogP contribution in [0.3, 0.4) is 0 Å². The maximum absolute atomic E-state index is 11.6. The van der Waals surface area contributed by atoms with Gasteiger partial charge in [-0.25, -0.2) is 10.8 Å². The summed E-state index contributed by atoms with van der Waals surface area (Å²) in [5.41, 5.74) is 2.43. The smallest absolute Gasteiger partial charge is 0.241 e. The maximum Gasteiger partial charge on any atom is 0.241 e. The number of carbonyl (C=O) groups excluding carboxylic acids is 1. The Balaban J connectivity index is 2.82. The molecule has 7 nitrogen and oxygen atoms in total. The van der Waals surface area contributed by atoms with Crippen molar-refractivity contribution in [3.8, 4) is 0 Å². The van der Waals surface area contributed by atoms with Crippen LogP contribution in [0, 0.1) is 0 Å². The fourth-order valence-corrected chi connectivity index (χ4v) is 1.24. The predicted octanol–water partition coefficient (Wildman–Crippen LogP) is -0.323. The number of likely N-dealkylation sites (N-methyl/N-ethyl adjacent to an activating group) is 2. The Hall–Kier alpha value is -1.89. The summed E-state index contributed by atoms with van der Waals surface area (Å²) in [5.74, 6) is 6.37. The number of rotatable bonds is 5. The molecular formula is C10H18N6O. The molecule has 0 aliphatic rings. The van der Waals surface area contributed by atoms with Crippen molar-refractivity contribution in [1.29, 1.82) is 0 Å². The molecule has 0 aliphatic carbocycles. The number of hydrogen-bond donors (Lipinski definition) is 2. The van der Waals surface area contributed by atoms with Crippen LogP contribution in [0.4, 0.5) is 11.6 Å². The predicted molar refractivity (Wildman–Crippen MR) is 66.4 cm³/mol. The van der Waals surface area contributed by atoms with Crippen LogP contribution < -0.4 is 16.2 Å². The van der Waals surface area contributed by atoms with Gasteiger partial charge in [-0.2, -0.15) is 0 Å². The molecule has 0 unspecified atom stereocenters. The first kappa shape index (κ1) is 13.2. The lowest BCUT2D eigenvalue weighted by atomic mass is 10.4. The number of nitrogens with zero attached hydrogens (tertiary/aromatic N) is 4. The summed E-state index contributed by atoms with van der Waals surface area (Å²) in [5, 5.41) is 0. The van der Waals surface area contributed by atoms with Crippen molar-refractivity contribution in [2.75, 3.05) is 37.5 Å². The second-order valence-corrected chi connectivity index (χ2v) is 3.71. The van der Waals surface area contributed by atoms with Crippen LogP contribution >= 0.6 is 0 Å².